The van der Waals surface area contributed by atoms with Crippen molar-refractivity contribution in [3.63, 3.8) is 0 Å². The van der Waals surface area contributed by atoms with E-state index in [1.54, 1.807) is 36.2 Å². The van der Waals surface area contributed by atoms with Crippen molar-refractivity contribution in [3.05, 3.63) is 69.4 Å². The number of aromatic amines is 1. The van der Waals surface area contributed by atoms with Crippen LogP contribution in [0.25, 0.3) is 26.0 Å². The number of thiophene rings is 1. The van der Waals surface area contributed by atoms with Gasteiger partial charge in [-0.1, -0.05) is 0 Å². The van der Waals surface area contributed by atoms with Gasteiger partial charge < -0.3 is 9.72 Å². The molecule has 1 aromatic carbocycles. The first-order valence-corrected chi connectivity index (χ1v) is 7.80. The Hall–Kier alpha value is -2.86. The number of methoxy groups -OCH3 is 1. The van der Waals surface area contributed by atoms with Crippen LogP contribution in [0, 0.1) is 0 Å². The van der Waals surface area contributed by atoms with Crippen molar-refractivity contribution in [1.82, 2.24) is 9.55 Å². The Bertz CT molecular complexity index is 1140. The number of hydrogen-bond donors (Lipinski definition) is 1. The van der Waals surface area contributed by atoms with Crippen molar-refractivity contribution < 1.29 is 4.74 Å². The standard InChI is InChI=1S/C17H12N2O3S/c1-22-11-4-2-10(3-5-11)19-9-7-12-14-13(20)6-8-18-16(14)23-15(12)17(19)21/h2-9H,1H3,(H,18,20). The second-order valence-electron chi connectivity index (χ2n) is 5.08. The number of hydrogen-bond acceptors (Lipinski definition) is 4. The minimum Gasteiger partial charge on any atom is -0.497 e. The molecule has 1 N–H and O–H groups in total. The molecule has 0 aliphatic heterocycles. The highest BCUT2D eigenvalue weighted by molar-refractivity contribution is 7.25. The third-order valence-corrected chi connectivity index (χ3v) is 4.92. The molecule has 4 aromatic rings. The molecular weight excluding hydrogens is 312 g/mol. The van der Waals surface area contributed by atoms with Gasteiger partial charge in [-0.2, -0.15) is 0 Å². The quantitative estimate of drug-likeness (QED) is 0.616. The minimum atomic E-state index is -0.137. The van der Waals surface area contributed by atoms with Crippen LogP contribution in [-0.2, 0) is 0 Å². The summed E-state index contributed by atoms with van der Waals surface area (Å²) < 4.78 is 7.27. The SMILES string of the molecule is COc1ccc(-n2ccc3c(sc4[nH]ccc(=O)c43)c2=O)cc1. The van der Waals surface area contributed by atoms with Crippen molar-refractivity contribution in [3.8, 4) is 11.4 Å². The summed E-state index contributed by atoms with van der Waals surface area (Å²) in [6.07, 6.45) is 3.30. The van der Waals surface area contributed by atoms with E-state index >= 15 is 0 Å². The normalized spacial score (nSPS) is 11.2. The maximum atomic E-state index is 12.8. The van der Waals surface area contributed by atoms with Crippen LogP contribution in [0.2, 0.25) is 0 Å². The molecule has 23 heavy (non-hydrogen) atoms. The molecule has 6 heteroatoms. The number of ether oxygens (including phenoxy) is 1. The first-order valence-electron chi connectivity index (χ1n) is 6.99. The van der Waals surface area contributed by atoms with Gasteiger partial charge in [0.2, 0.25) is 0 Å². The van der Waals surface area contributed by atoms with E-state index in [0.29, 0.717) is 15.5 Å². The van der Waals surface area contributed by atoms with Gasteiger partial charge in [0, 0.05) is 29.5 Å². The van der Waals surface area contributed by atoms with Gasteiger partial charge in [-0.3, -0.25) is 14.2 Å². The first kappa shape index (κ1) is 13.8. The number of benzene rings is 1. The van der Waals surface area contributed by atoms with Crippen LogP contribution in [-0.4, -0.2) is 16.7 Å². The Kier molecular flexibility index (Phi) is 3.06. The highest BCUT2D eigenvalue weighted by Crippen LogP contribution is 2.28. The lowest BCUT2D eigenvalue weighted by molar-refractivity contribution is 0.414. The van der Waals surface area contributed by atoms with E-state index in [1.807, 2.05) is 18.2 Å². The third-order valence-electron chi connectivity index (χ3n) is 3.79. The van der Waals surface area contributed by atoms with Crippen molar-refractivity contribution >= 4 is 31.6 Å². The molecule has 0 aliphatic carbocycles. The number of pyridine rings is 2. The van der Waals surface area contributed by atoms with Gasteiger partial charge in [0.1, 0.15) is 15.3 Å². The summed E-state index contributed by atoms with van der Waals surface area (Å²) in [5, 5.41) is 1.27. The summed E-state index contributed by atoms with van der Waals surface area (Å²) >= 11 is 1.31. The van der Waals surface area contributed by atoms with Crippen molar-refractivity contribution in [2.45, 2.75) is 0 Å². The summed E-state index contributed by atoms with van der Waals surface area (Å²) in [6, 6.07) is 10.6. The Labute approximate surface area is 134 Å². The van der Waals surface area contributed by atoms with E-state index < -0.39 is 0 Å². The molecule has 0 saturated heterocycles. The first-order chi connectivity index (χ1) is 11.2. The van der Waals surface area contributed by atoms with Crippen LogP contribution in [0.4, 0.5) is 0 Å². The fourth-order valence-corrected chi connectivity index (χ4v) is 3.77. The smallest absolute Gasteiger partial charge is 0.273 e. The lowest BCUT2D eigenvalue weighted by Crippen LogP contribution is -2.16. The zero-order chi connectivity index (χ0) is 16.0. The summed E-state index contributed by atoms with van der Waals surface area (Å²) in [5.41, 5.74) is 0.537. The predicted molar refractivity (Wildman–Crippen MR) is 92.1 cm³/mol. The number of nitrogens with zero attached hydrogens (tertiary/aromatic N) is 1. The van der Waals surface area contributed by atoms with E-state index in [2.05, 4.69) is 4.98 Å². The molecule has 4 rings (SSSR count). The number of aromatic nitrogens is 2. The maximum Gasteiger partial charge on any atom is 0.273 e. The van der Waals surface area contributed by atoms with Crippen LogP contribution < -0.4 is 15.7 Å². The fourth-order valence-electron chi connectivity index (χ4n) is 2.66. The van der Waals surface area contributed by atoms with Gasteiger partial charge in [-0.25, -0.2) is 0 Å². The molecule has 0 saturated carbocycles. The van der Waals surface area contributed by atoms with Gasteiger partial charge in [0.05, 0.1) is 12.5 Å². The molecule has 0 radical (unpaired) electrons. The largest absolute Gasteiger partial charge is 0.497 e. The monoisotopic (exact) mass is 324 g/mol. The molecule has 0 bridgehead atoms. The fraction of sp³-hybridized carbons (Fsp3) is 0.0588. The molecule has 0 aliphatic rings. The Morgan fingerprint density at radius 2 is 1.87 bits per heavy atom. The van der Waals surface area contributed by atoms with E-state index in [4.69, 9.17) is 4.74 Å². The van der Waals surface area contributed by atoms with Gasteiger partial charge in [-0.15, -0.1) is 11.3 Å². The highest BCUT2D eigenvalue weighted by Gasteiger charge is 2.13. The second kappa shape index (κ2) is 5.10. The molecule has 0 spiro atoms. The molecule has 0 amide bonds. The van der Waals surface area contributed by atoms with Crippen molar-refractivity contribution in [2.24, 2.45) is 0 Å². The second-order valence-corrected chi connectivity index (χ2v) is 6.10. The number of H-pyrrole nitrogens is 1. The molecule has 0 fully saturated rings. The molecule has 5 nitrogen and oxygen atoms in total. The molecule has 3 heterocycles. The van der Waals surface area contributed by atoms with E-state index in [9.17, 15) is 9.59 Å². The number of nitrogens with one attached hydrogen (secondary N) is 1. The third kappa shape index (κ3) is 2.07. The van der Waals surface area contributed by atoms with Gasteiger partial charge in [-0.05, 0) is 30.3 Å². The minimum absolute atomic E-state index is 0.0772. The number of rotatable bonds is 2. The van der Waals surface area contributed by atoms with Crippen LogP contribution in [0.1, 0.15) is 0 Å². The Morgan fingerprint density at radius 1 is 1.09 bits per heavy atom. The van der Waals surface area contributed by atoms with E-state index in [1.165, 1.54) is 17.4 Å². The van der Waals surface area contributed by atoms with Crippen molar-refractivity contribution in [1.29, 1.82) is 0 Å². The Balaban J connectivity index is 2.01. The predicted octanol–water partition coefficient (Wildman–Crippen LogP) is 2.90. The van der Waals surface area contributed by atoms with Gasteiger partial charge >= 0.3 is 0 Å². The lowest BCUT2D eigenvalue weighted by atomic mass is 10.2. The van der Waals surface area contributed by atoms with E-state index in [0.717, 1.165) is 16.3 Å². The van der Waals surface area contributed by atoms with Crippen LogP contribution >= 0.6 is 11.3 Å². The summed E-state index contributed by atoms with van der Waals surface area (Å²) in [7, 11) is 1.60. The number of fused-ring (bicyclic) bond motifs is 3. The van der Waals surface area contributed by atoms with E-state index in [-0.39, 0.29) is 11.0 Å². The average molecular weight is 324 g/mol. The van der Waals surface area contributed by atoms with Gasteiger partial charge in [0.25, 0.3) is 5.56 Å². The summed E-state index contributed by atoms with van der Waals surface area (Å²) in [4.78, 5) is 28.6. The van der Waals surface area contributed by atoms with Crippen molar-refractivity contribution in [2.75, 3.05) is 7.11 Å². The zero-order valence-electron chi connectivity index (χ0n) is 12.2. The summed E-state index contributed by atoms with van der Waals surface area (Å²) in [5.74, 6) is 0.732. The molecular formula is C17H12N2O3S. The molecule has 0 atom stereocenters. The molecule has 3 aromatic heterocycles. The zero-order valence-corrected chi connectivity index (χ0v) is 13.0. The molecule has 0 unspecified atom stereocenters. The van der Waals surface area contributed by atoms with Crippen LogP contribution in [0.5, 0.6) is 5.75 Å². The van der Waals surface area contributed by atoms with Gasteiger partial charge in [0.15, 0.2) is 5.43 Å². The molecule has 114 valence electrons. The maximum absolute atomic E-state index is 12.8. The average Bonchev–Trinajstić information content (AvgIpc) is 2.96. The highest BCUT2D eigenvalue weighted by atomic mass is 32.1. The topological polar surface area (TPSA) is 64.1 Å². The van der Waals surface area contributed by atoms with Crippen LogP contribution in [0.15, 0.2) is 58.4 Å². The van der Waals surface area contributed by atoms with Crippen LogP contribution in [0.3, 0.4) is 0 Å². The Morgan fingerprint density at radius 3 is 2.61 bits per heavy atom. The summed E-state index contributed by atoms with van der Waals surface area (Å²) in [6.45, 7) is 0. The lowest BCUT2D eigenvalue weighted by Gasteiger charge is -2.06.